The second-order valence-corrected chi connectivity index (χ2v) is 4.80. The molecule has 0 aromatic carbocycles. The third kappa shape index (κ3) is 2.55. The topological polar surface area (TPSA) is 39.2 Å². The van der Waals surface area contributed by atoms with Crippen molar-refractivity contribution in [2.24, 2.45) is 0 Å². The molecular formula is C18H14FNO2. The van der Waals surface area contributed by atoms with Crippen molar-refractivity contribution in [3.63, 3.8) is 0 Å². The van der Waals surface area contributed by atoms with Gasteiger partial charge in [0.15, 0.2) is 11.5 Å². The van der Waals surface area contributed by atoms with Gasteiger partial charge in [0, 0.05) is 11.8 Å². The van der Waals surface area contributed by atoms with E-state index in [9.17, 15) is 9.18 Å². The summed E-state index contributed by atoms with van der Waals surface area (Å²) in [5.74, 6) is -1.42. The van der Waals surface area contributed by atoms with Gasteiger partial charge in [-0.3, -0.25) is 0 Å². The summed E-state index contributed by atoms with van der Waals surface area (Å²) in [6.45, 7) is 1.85. The van der Waals surface area contributed by atoms with Gasteiger partial charge < -0.3 is 4.74 Å². The Hall–Kier alpha value is -2.75. The number of pyridine rings is 1. The second kappa shape index (κ2) is 5.93. The summed E-state index contributed by atoms with van der Waals surface area (Å²) < 4.78 is 18.9. The number of nitrogens with zero attached hydrogens (tertiary/aromatic N) is 1. The zero-order valence-electron chi connectivity index (χ0n) is 12.0. The quantitative estimate of drug-likeness (QED) is 0.681. The minimum atomic E-state index is -0.745. The summed E-state index contributed by atoms with van der Waals surface area (Å²) in [7, 11) is 0. The fourth-order valence-corrected chi connectivity index (χ4v) is 2.40. The van der Waals surface area contributed by atoms with Crippen LogP contribution in [0.3, 0.4) is 0 Å². The molecule has 0 radical (unpaired) electrons. The van der Waals surface area contributed by atoms with Gasteiger partial charge >= 0.3 is 5.97 Å². The highest BCUT2D eigenvalue weighted by molar-refractivity contribution is 5.90. The number of carbonyl (C=O) groups excluding carboxylic acids is 1. The molecule has 3 rings (SSSR count). The van der Waals surface area contributed by atoms with Gasteiger partial charge in [0.1, 0.15) is 0 Å². The van der Waals surface area contributed by atoms with Crippen LogP contribution in [0.15, 0.2) is 54.7 Å². The number of hydrogen-bond acceptors (Lipinski definition) is 3. The predicted octanol–water partition coefficient (Wildman–Crippen LogP) is 4.17. The Morgan fingerprint density at radius 3 is 2.64 bits per heavy atom. The summed E-state index contributed by atoms with van der Waals surface area (Å²) >= 11 is 0. The first-order chi connectivity index (χ1) is 10.7. The molecule has 4 heteroatoms. The maximum atomic E-state index is 14.1. The monoisotopic (exact) mass is 295 g/mol. The molecule has 0 unspecified atom stereocenters. The van der Waals surface area contributed by atoms with Crippen LogP contribution in [0.2, 0.25) is 0 Å². The number of esters is 1. The SMILES string of the molecule is CCOC(=O)c1ncc(-c2ccc3cccccc2-3)cc1F. The lowest BCUT2D eigenvalue weighted by molar-refractivity contribution is 0.0513. The summed E-state index contributed by atoms with van der Waals surface area (Å²) in [6, 6.07) is 15.0. The van der Waals surface area contributed by atoms with Crippen molar-refractivity contribution in [1.82, 2.24) is 4.98 Å². The smallest absolute Gasteiger partial charge is 0.359 e. The summed E-state index contributed by atoms with van der Waals surface area (Å²) in [5.41, 5.74) is 3.30. The summed E-state index contributed by atoms with van der Waals surface area (Å²) in [4.78, 5) is 15.5. The summed E-state index contributed by atoms with van der Waals surface area (Å²) in [6.07, 6.45) is 1.50. The molecule has 0 spiro atoms. The van der Waals surface area contributed by atoms with E-state index < -0.39 is 11.8 Å². The van der Waals surface area contributed by atoms with E-state index in [2.05, 4.69) is 4.98 Å². The zero-order chi connectivity index (χ0) is 15.5. The van der Waals surface area contributed by atoms with E-state index >= 15 is 0 Å². The Morgan fingerprint density at radius 1 is 1.09 bits per heavy atom. The Kier molecular flexibility index (Phi) is 3.83. The van der Waals surface area contributed by atoms with Gasteiger partial charge in [-0.15, -0.1) is 0 Å². The third-order valence-electron chi connectivity index (χ3n) is 3.41. The van der Waals surface area contributed by atoms with Crippen LogP contribution in [0.4, 0.5) is 4.39 Å². The largest absolute Gasteiger partial charge is 0.461 e. The Balaban J connectivity index is 2.03. The molecule has 0 amide bonds. The normalized spacial score (nSPS) is 10.6. The van der Waals surface area contributed by atoms with Crippen LogP contribution in [-0.2, 0) is 4.74 Å². The molecule has 0 N–H and O–H groups in total. The Bertz CT molecular complexity index is 801. The summed E-state index contributed by atoms with van der Waals surface area (Å²) in [5, 5.41) is 0. The fraction of sp³-hybridized carbons (Fsp3) is 0.111. The van der Waals surface area contributed by atoms with Gasteiger partial charge in [0.25, 0.3) is 0 Å². The molecule has 0 bridgehead atoms. The molecule has 0 saturated heterocycles. The molecule has 3 nitrogen and oxygen atoms in total. The van der Waals surface area contributed by atoms with Gasteiger partial charge in [0.2, 0.25) is 0 Å². The van der Waals surface area contributed by atoms with Crippen LogP contribution in [0.25, 0.3) is 22.3 Å². The van der Waals surface area contributed by atoms with Crippen LogP contribution in [0.1, 0.15) is 17.4 Å². The number of rotatable bonds is 3. The van der Waals surface area contributed by atoms with E-state index in [-0.39, 0.29) is 12.3 Å². The lowest BCUT2D eigenvalue weighted by Gasteiger charge is -2.06. The number of ether oxygens (including phenoxy) is 1. The van der Waals surface area contributed by atoms with Crippen molar-refractivity contribution < 1.29 is 13.9 Å². The zero-order valence-corrected chi connectivity index (χ0v) is 12.0. The molecule has 110 valence electrons. The van der Waals surface area contributed by atoms with Gasteiger partial charge in [-0.2, -0.15) is 0 Å². The first-order valence-corrected chi connectivity index (χ1v) is 7.01. The number of hydrogen-bond donors (Lipinski definition) is 0. The van der Waals surface area contributed by atoms with E-state index in [4.69, 9.17) is 4.74 Å². The molecule has 0 atom stereocenters. The van der Waals surface area contributed by atoms with Crippen molar-refractivity contribution in [2.75, 3.05) is 6.61 Å². The van der Waals surface area contributed by atoms with Crippen molar-refractivity contribution in [2.45, 2.75) is 6.92 Å². The van der Waals surface area contributed by atoms with E-state index in [0.29, 0.717) is 5.56 Å². The minimum Gasteiger partial charge on any atom is -0.461 e. The minimum absolute atomic E-state index is 0.186. The maximum Gasteiger partial charge on any atom is 0.359 e. The van der Waals surface area contributed by atoms with E-state index in [1.54, 1.807) is 6.92 Å². The van der Waals surface area contributed by atoms with Gasteiger partial charge in [-0.1, -0.05) is 42.5 Å². The number of aromatic nitrogens is 1. The Morgan fingerprint density at radius 2 is 1.86 bits per heavy atom. The van der Waals surface area contributed by atoms with Crippen molar-refractivity contribution in [3.05, 3.63) is 66.2 Å². The average molecular weight is 295 g/mol. The highest BCUT2D eigenvalue weighted by atomic mass is 19.1. The van der Waals surface area contributed by atoms with Crippen LogP contribution in [0, 0.1) is 5.82 Å². The Labute approximate surface area is 127 Å². The standard InChI is InChI=1S/C18H14FNO2/c1-2-22-18(21)17-16(19)10-13(11-20-17)15-9-8-12-6-4-3-5-7-14(12)15/h3-11H,2H2,1H3. The molecular weight excluding hydrogens is 281 g/mol. The lowest BCUT2D eigenvalue weighted by Crippen LogP contribution is -2.09. The molecule has 22 heavy (non-hydrogen) atoms. The predicted molar refractivity (Wildman–Crippen MR) is 82.2 cm³/mol. The molecule has 1 aromatic heterocycles. The molecule has 0 saturated carbocycles. The molecule has 2 aliphatic rings. The van der Waals surface area contributed by atoms with Crippen molar-refractivity contribution in [1.29, 1.82) is 0 Å². The fourth-order valence-electron chi connectivity index (χ4n) is 2.40. The first-order valence-electron chi connectivity index (χ1n) is 7.01. The van der Waals surface area contributed by atoms with E-state index in [1.165, 1.54) is 12.3 Å². The highest BCUT2D eigenvalue weighted by Crippen LogP contribution is 2.34. The molecule has 1 aromatic rings. The molecule has 0 aliphatic heterocycles. The van der Waals surface area contributed by atoms with E-state index in [0.717, 1.165) is 16.7 Å². The van der Waals surface area contributed by atoms with Crippen LogP contribution < -0.4 is 0 Å². The molecule has 2 aliphatic carbocycles. The second-order valence-electron chi connectivity index (χ2n) is 4.80. The highest BCUT2D eigenvalue weighted by Gasteiger charge is 2.17. The number of carbonyl (C=O) groups is 1. The first kappa shape index (κ1) is 14.2. The van der Waals surface area contributed by atoms with Crippen molar-refractivity contribution in [3.8, 4) is 22.3 Å². The maximum absolute atomic E-state index is 14.1. The average Bonchev–Trinajstić information content (AvgIpc) is 2.76. The molecule has 0 fully saturated rings. The van der Waals surface area contributed by atoms with Crippen LogP contribution in [-0.4, -0.2) is 17.6 Å². The number of fused-ring (bicyclic) bond motifs is 1. The van der Waals surface area contributed by atoms with Crippen LogP contribution >= 0.6 is 0 Å². The van der Waals surface area contributed by atoms with Gasteiger partial charge in [-0.25, -0.2) is 14.2 Å². The third-order valence-corrected chi connectivity index (χ3v) is 3.41. The molecule has 1 heterocycles. The van der Waals surface area contributed by atoms with Crippen LogP contribution in [0.5, 0.6) is 0 Å². The van der Waals surface area contributed by atoms with E-state index in [1.807, 2.05) is 42.5 Å². The number of halogens is 1. The van der Waals surface area contributed by atoms with Gasteiger partial charge in [0.05, 0.1) is 6.61 Å². The van der Waals surface area contributed by atoms with Crippen molar-refractivity contribution >= 4 is 5.97 Å². The lowest BCUT2D eigenvalue weighted by atomic mass is 10.0. The van der Waals surface area contributed by atoms with Gasteiger partial charge in [-0.05, 0) is 29.7 Å².